The molecule has 1 aromatic heterocycles. The van der Waals surface area contributed by atoms with Crippen LogP contribution in [0.25, 0.3) is 0 Å². The van der Waals surface area contributed by atoms with E-state index in [1.165, 1.54) is 12.8 Å². The van der Waals surface area contributed by atoms with E-state index in [0.29, 0.717) is 31.1 Å². The standard InChI is InChI=1S/C19H26N4O2/c20-17-12-23(11-16(17)13-1-2-13)19(25)15-5-9-22(10-6-15)18(24)14-3-7-21-8-4-14/h3-4,7-8,13,15-17H,1-2,5-6,9-12,20H2. The minimum atomic E-state index is 0.0327. The van der Waals surface area contributed by atoms with Gasteiger partial charge in [0.1, 0.15) is 0 Å². The maximum absolute atomic E-state index is 12.8. The van der Waals surface area contributed by atoms with Crippen molar-refractivity contribution in [3.8, 4) is 0 Å². The predicted octanol–water partition coefficient (Wildman–Crippen LogP) is 1.13. The summed E-state index contributed by atoms with van der Waals surface area (Å²) < 4.78 is 0. The van der Waals surface area contributed by atoms with Crippen molar-refractivity contribution >= 4 is 11.8 Å². The molecule has 3 aliphatic rings. The van der Waals surface area contributed by atoms with E-state index in [1.807, 2.05) is 9.80 Å². The maximum Gasteiger partial charge on any atom is 0.253 e. The molecule has 0 radical (unpaired) electrons. The molecule has 1 aromatic rings. The predicted molar refractivity (Wildman–Crippen MR) is 93.6 cm³/mol. The lowest BCUT2D eigenvalue weighted by molar-refractivity contribution is -0.136. The van der Waals surface area contributed by atoms with Crippen LogP contribution in [0, 0.1) is 17.8 Å². The van der Waals surface area contributed by atoms with Gasteiger partial charge in [-0.25, -0.2) is 0 Å². The van der Waals surface area contributed by atoms with Gasteiger partial charge < -0.3 is 15.5 Å². The molecular weight excluding hydrogens is 316 g/mol. The van der Waals surface area contributed by atoms with Gasteiger partial charge in [-0.15, -0.1) is 0 Å². The summed E-state index contributed by atoms with van der Waals surface area (Å²) in [4.78, 5) is 33.1. The third-order valence-corrected chi connectivity index (χ3v) is 6.01. The van der Waals surface area contributed by atoms with Crippen molar-refractivity contribution in [1.29, 1.82) is 0 Å². The Morgan fingerprint density at radius 2 is 1.68 bits per heavy atom. The molecule has 6 heteroatoms. The average molecular weight is 342 g/mol. The topological polar surface area (TPSA) is 79.5 Å². The second-order valence-corrected chi connectivity index (χ2v) is 7.71. The lowest BCUT2D eigenvalue weighted by Crippen LogP contribution is -2.44. The fraction of sp³-hybridized carbons (Fsp3) is 0.632. The number of hydrogen-bond acceptors (Lipinski definition) is 4. The maximum atomic E-state index is 12.8. The van der Waals surface area contributed by atoms with Gasteiger partial charge in [-0.3, -0.25) is 14.6 Å². The van der Waals surface area contributed by atoms with Crippen molar-refractivity contribution in [2.45, 2.75) is 31.7 Å². The van der Waals surface area contributed by atoms with E-state index in [9.17, 15) is 9.59 Å². The molecule has 134 valence electrons. The first-order valence-corrected chi connectivity index (χ1v) is 9.37. The van der Waals surface area contributed by atoms with Crippen LogP contribution in [0.1, 0.15) is 36.0 Å². The molecule has 2 N–H and O–H groups in total. The highest BCUT2D eigenvalue weighted by Crippen LogP contribution is 2.41. The molecule has 3 heterocycles. The van der Waals surface area contributed by atoms with Gasteiger partial charge in [-0.2, -0.15) is 0 Å². The van der Waals surface area contributed by atoms with Crippen molar-refractivity contribution in [3.63, 3.8) is 0 Å². The van der Waals surface area contributed by atoms with Crippen molar-refractivity contribution in [2.24, 2.45) is 23.5 Å². The SMILES string of the molecule is NC1CN(C(=O)C2CCN(C(=O)c3ccncc3)CC2)CC1C1CC1. The number of pyridine rings is 1. The van der Waals surface area contributed by atoms with Crippen LogP contribution >= 0.6 is 0 Å². The number of aromatic nitrogens is 1. The number of hydrogen-bond donors (Lipinski definition) is 1. The molecule has 3 fully saturated rings. The molecule has 2 atom stereocenters. The van der Waals surface area contributed by atoms with E-state index in [2.05, 4.69) is 4.98 Å². The molecule has 2 amide bonds. The van der Waals surface area contributed by atoms with E-state index in [-0.39, 0.29) is 23.8 Å². The van der Waals surface area contributed by atoms with E-state index in [4.69, 9.17) is 5.73 Å². The van der Waals surface area contributed by atoms with Crippen LogP contribution in [0.2, 0.25) is 0 Å². The Kier molecular flexibility index (Phi) is 4.46. The zero-order valence-electron chi connectivity index (χ0n) is 14.5. The number of amides is 2. The first kappa shape index (κ1) is 16.5. The molecule has 1 aliphatic carbocycles. The van der Waals surface area contributed by atoms with E-state index >= 15 is 0 Å². The Labute approximate surface area is 148 Å². The van der Waals surface area contributed by atoms with Crippen LogP contribution in [-0.2, 0) is 4.79 Å². The number of carbonyl (C=O) groups excluding carboxylic acids is 2. The van der Waals surface area contributed by atoms with Gasteiger partial charge >= 0.3 is 0 Å². The summed E-state index contributed by atoms with van der Waals surface area (Å²) >= 11 is 0. The number of piperidine rings is 1. The van der Waals surface area contributed by atoms with Crippen LogP contribution in [0.4, 0.5) is 0 Å². The Balaban J connectivity index is 1.31. The van der Waals surface area contributed by atoms with Gasteiger partial charge in [0.25, 0.3) is 5.91 Å². The summed E-state index contributed by atoms with van der Waals surface area (Å²) in [6.07, 6.45) is 7.31. The zero-order chi connectivity index (χ0) is 17.4. The molecule has 0 aromatic carbocycles. The third kappa shape index (κ3) is 3.40. The van der Waals surface area contributed by atoms with Gasteiger partial charge in [0.2, 0.25) is 5.91 Å². The largest absolute Gasteiger partial charge is 0.341 e. The van der Waals surface area contributed by atoms with Gasteiger partial charge in [-0.1, -0.05) is 0 Å². The molecule has 0 bridgehead atoms. The van der Waals surface area contributed by atoms with E-state index in [0.717, 1.165) is 25.3 Å². The molecule has 25 heavy (non-hydrogen) atoms. The number of likely N-dealkylation sites (tertiary alicyclic amines) is 2. The van der Waals surface area contributed by atoms with Crippen LogP contribution in [0.5, 0.6) is 0 Å². The summed E-state index contributed by atoms with van der Waals surface area (Å²) in [5, 5.41) is 0. The summed E-state index contributed by atoms with van der Waals surface area (Å²) in [6, 6.07) is 3.62. The van der Waals surface area contributed by atoms with Crippen LogP contribution in [-0.4, -0.2) is 58.8 Å². The minimum Gasteiger partial charge on any atom is -0.341 e. The fourth-order valence-electron chi connectivity index (χ4n) is 4.32. The Bertz CT molecular complexity index is 638. The quantitative estimate of drug-likeness (QED) is 0.893. The first-order valence-electron chi connectivity index (χ1n) is 9.37. The van der Waals surface area contributed by atoms with Gasteiger partial charge in [-0.05, 0) is 49.7 Å². The normalized spacial score (nSPS) is 27.6. The van der Waals surface area contributed by atoms with Gasteiger partial charge in [0.15, 0.2) is 0 Å². The van der Waals surface area contributed by atoms with Gasteiger partial charge in [0.05, 0.1) is 0 Å². The summed E-state index contributed by atoms with van der Waals surface area (Å²) in [6.45, 7) is 2.82. The highest BCUT2D eigenvalue weighted by atomic mass is 16.2. The van der Waals surface area contributed by atoms with Crippen molar-refractivity contribution < 1.29 is 9.59 Å². The lowest BCUT2D eigenvalue weighted by Gasteiger charge is -2.33. The number of carbonyl (C=O) groups is 2. The summed E-state index contributed by atoms with van der Waals surface area (Å²) in [7, 11) is 0. The average Bonchev–Trinajstić information content (AvgIpc) is 3.43. The first-order chi connectivity index (χ1) is 12.1. The van der Waals surface area contributed by atoms with Crippen molar-refractivity contribution in [2.75, 3.05) is 26.2 Å². The summed E-state index contributed by atoms with van der Waals surface area (Å²) in [5.74, 6) is 1.55. The molecule has 2 saturated heterocycles. The lowest BCUT2D eigenvalue weighted by atomic mass is 9.95. The van der Waals surface area contributed by atoms with Gasteiger partial charge in [0, 0.05) is 56.1 Å². The molecule has 4 rings (SSSR count). The minimum absolute atomic E-state index is 0.0327. The van der Waals surface area contributed by atoms with Crippen LogP contribution in [0.3, 0.4) is 0 Å². The van der Waals surface area contributed by atoms with E-state index < -0.39 is 0 Å². The van der Waals surface area contributed by atoms with Crippen LogP contribution in [0.15, 0.2) is 24.5 Å². The molecule has 1 saturated carbocycles. The monoisotopic (exact) mass is 342 g/mol. The highest BCUT2D eigenvalue weighted by Gasteiger charge is 2.43. The Hall–Kier alpha value is -1.95. The molecule has 0 spiro atoms. The highest BCUT2D eigenvalue weighted by molar-refractivity contribution is 5.94. The van der Waals surface area contributed by atoms with Crippen molar-refractivity contribution in [3.05, 3.63) is 30.1 Å². The molecular formula is C19H26N4O2. The number of nitrogens with zero attached hydrogens (tertiary/aromatic N) is 3. The Morgan fingerprint density at radius 3 is 2.32 bits per heavy atom. The second-order valence-electron chi connectivity index (χ2n) is 7.71. The van der Waals surface area contributed by atoms with Crippen LogP contribution < -0.4 is 5.73 Å². The van der Waals surface area contributed by atoms with Crippen molar-refractivity contribution in [1.82, 2.24) is 14.8 Å². The zero-order valence-corrected chi connectivity index (χ0v) is 14.5. The summed E-state index contributed by atoms with van der Waals surface area (Å²) in [5.41, 5.74) is 6.92. The fourth-order valence-corrected chi connectivity index (χ4v) is 4.32. The Morgan fingerprint density at radius 1 is 1.00 bits per heavy atom. The molecule has 6 nitrogen and oxygen atoms in total. The number of nitrogens with two attached hydrogens (primary N) is 1. The number of rotatable bonds is 3. The third-order valence-electron chi connectivity index (χ3n) is 6.01. The van der Waals surface area contributed by atoms with E-state index in [1.54, 1.807) is 24.5 Å². The molecule has 2 unspecified atom stereocenters. The smallest absolute Gasteiger partial charge is 0.253 e. The second kappa shape index (κ2) is 6.75. The molecule has 2 aliphatic heterocycles.